The summed E-state index contributed by atoms with van der Waals surface area (Å²) >= 11 is 0. The molecule has 0 spiro atoms. The number of unbranched alkanes of at least 4 members (excludes halogenated alkanes) is 4. The molecule has 0 radical (unpaired) electrons. The SMILES string of the molecule is CC(C)CCCCCNCCCCCC(C)C.c1ncncn1. The van der Waals surface area contributed by atoms with Crippen molar-refractivity contribution in [3.8, 4) is 0 Å². The zero-order chi connectivity index (χ0) is 17.2. The molecule has 134 valence electrons. The molecule has 1 aromatic rings. The third-order valence-electron chi connectivity index (χ3n) is 3.67. The van der Waals surface area contributed by atoms with Crippen molar-refractivity contribution in [3.63, 3.8) is 0 Å². The Bertz CT molecular complexity index is 272. The molecule has 0 aliphatic rings. The van der Waals surface area contributed by atoms with Crippen LogP contribution < -0.4 is 5.32 Å². The van der Waals surface area contributed by atoms with E-state index in [9.17, 15) is 0 Å². The fourth-order valence-corrected chi connectivity index (χ4v) is 2.29. The summed E-state index contributed by atoms with van der Waals surface area (Å²) in [6.45, 7) is 11.7. The molecule has 4 nitrogen and oxygen atoms in total. The van der Waals surface area contributed by atoms with Crippen molar-refractivity contribution < 1.29 is 0 Å². The fourth-order valence-electron chi connectivity index (χ4n) is 2.29. The van der Waals surface area contributed by atoms with E-state index >= 15 is 0 Å². The Balaban J connectivity index is 0.000000664. The van der Waals surface area contributed by atoms with E-state index in [1.165, 1.54) is 83.4 Å². The first-order chi connectivity index (χ1) is 11.1. The molecule has 0 atom stereocenters. The van der Waals surface area contributed by atoms with Gasteiger partial charge in [0.15, 0.2) is 0 Å². The van der Waals surface area contributed by atoms with Gasteiger partial charge in [-0.25, -0.2) is 15.0 Å². The minimum absolute atomic E-state index is 0.879. The Hall–Kier alpha value is -1.03. The van der Waals surface area contributed by atoms with E-state index in [1.54, 1.807) is 0 Å². The van der Waals surface area contributed by atoms with Crippen LogP contribution >= 0.6 is 0 Å². The summed E-state index contributed by atoms with van der Waals surface area (Å²) in [6.07, 6.45) is 15.5. The summed E-state index contributed by atoms with van der Waals surface area (Å²) in [5.74, 6) is 1.76. The number of nitrogens with one attached hydrogen (secondary N) is 1. The smallest absolute Gasteiger partial charge is 0.119 e. The maximum Gasteiger partial charge on any atom is 0.119 e. The van der Waals surface area contributed by atoms with E-state index in [0.717, 1.165) is 11.8 Å². The molecular formula is C19H38N4. The van der Waals surface area contributed by atoms with E-state index in [-0.39, 0.29) is 0 Å². The Morgan fingerprint density at radius 1 is 0.609 bits per heavy atom. The molecular weight excluding hydrogens is 284 g/mol. The lowest BCUT2D eigenvalue weighted by Crippen LogP contribution is -2.16. The molecule has 1 heterocycles. The second kappa shape index (κ2) is 17.3. The fraction of sp³-hybridized carbons (Fsp3) is 0.842. The molecule has 1 rings (SSSR count). The van der Waals surface area contributed by atoms with Crippen LogP contribution in [0.1, 0.15) is 79.1 Å². The summed E-state index contributed by atoms with van der Waals surface area (Å²) in [5, 5.41) is 3.56. The molecule has 0 fully saturated rings. The quantitative estimate of drug-likeness (QED) is 0.557. The lowest BCUT2D eigenvalue weighted by Gasteiger charge is -2.07. The van der Waals surface area contributed by atoms with Crippen LogP contribution in [0, 0.1) is 11.8 Å². The average Bonchev–Trinajstić information content (AvgIpc) is 2.54. The predicted molar refractivity (Wildman–Crippen MR) is 99.3 cm³/mol. The first-order valence-electron chi connectivity index (χ1n) is 9.38. The van der Waals surface area contributed by atoms with E-state index in [2.05, 4.69) is 48.0 Å². The van der Waals surface area contributed by atoms with Crippen molar-refractivity contribution >= 4 is 0 Å². The highest BCUT2D eigenvalue weighted by atomic mass is 14.9. The Kier molecular flexibility index (Phi) is 16.5. The molecule has 4 heteroatoms. The van der Waals surface area contributed by atoms with Gasteiger partial charge in [-0.1, -0.05) is 66.2 Å². The number of aromatic nitrogens is 3. The van der Waals surface area contributed by atoms with E-state index in [4.69, 9.17) is 0 Å². The standard InChI is InChI=1S/C16H35N.C3H3N3/c1-15(2)11-7-5-9-13-17-14-10-6-8-12-16(3)4;1-4-2-6-3-5-1/h15-17H,5-14H2,1-4H3;1-3H. The number of nitrogens with zero attached hydrogens (tertiary/aromatic N) is 3. The van der Waals surface area contributed by atoms with Crippen LogP contribution in [0.15, 0.2) is 19.0 Å². The molecule has 0 amide bonds. The molecule has 1 N–H and O–H groups in total. The predicted octanol–water partition coefficient (Wildman–Crippen LogP) is 4.88. The zero-order valence-electron chi connectivity index (χ0n) is 15.8. The van der Waals surface area contributed by atoms with Gasteiger partial charge in [-0.2, -0.15) is 0 Å². The third-order valence-corrected chi connectivity index (χ3v) is 3.67. The van der Waals surface area contributed by atoms with Crippen LogP contribution in [0.4, 0.5) is 0 Å². The lowest BCUT2D eigenvalue weighted by atomic mass is 10.1. The van der Waals surface area contributed by atoms with Crippen molar-refractivity contribution in [3.05, 3.63) is 19.0 Å². The minimum Gasteiger partial charge on any atom is -0.317 e. The highest BCUT2D eigenvalue weighted by molar-refractivity contribution is 4.53. The van der Waals surface area contributed by atoms with Gasteiger partial charge in [0.25, 0.3) is 0 Å². The maximum absolute atomic E-state index is 3.56. The van der Waals surface area contributed by atoms with Gasteiger partial charge in [0.1, 0.15) is 19.0 Å². The topological polar surface area (TPSA) is 50.7 Å². The number of hydrogen-bond acceptors (Lipinski definition) is 4. The van der Waals surface area contributed by atoms with E-state index in [1.807, 2.05) is 0 Å². The van der Waals surface area contributed by atoms with Gasteiger partial charge in [0, 0.05) is 0 Å². The number of rotatable bonds is 12. The van der Waals surface area contributed by atoms with Crippen molar-refractivity contribution in [2.24, 2.45) is 11.8 Å². The number of hydrogen-bond donors (Lipinski definition) is 1. The van der Waals surface area contributed by atoms with Crippen LogP contribution in [0.25, 0.3) is 0 Å². The summed E-state index contributed by atoms with van der Waals surface area (Å²) in [6, 6.07) is 0. The van der Waals surface area contributed by atoms with Gasteiger partial charge in [0.2, 0.25) is 0 Å². The summed E-state index contributed by atoms with van der Waals surface area (Å²) < 4.78 is 0. The van der Waals surface area contributed by atoms with Crippen molar-refractivity contribution in [1.29, 1.82) is 0 Å². The first kappa shape index (κ1) is 22.0. The van der Waals surface area contributed by atoms with Crippen molar-refractivity contribution in [2.45, 2.75) is 79.1 Å². The summed E-state index contributed by atoms with van der Waals surface area (Å²) in [7, 11) is 0. The van der Waals surface area contributed by atoms with Gasteiger partial charge < -0.3 is 5.32 Å². The first-order valence-corrected chi connectivity index (χ1v) is 9.38. The summed E-state index contributed by atoms with van der Waals surface area (Å²) in [5.41, 5.74) is 0. The molecule has 0 unspecified atom stereocenters. The van der Waals surface area contributed by atoms with Gasteiger partial charge in [0.05, 0.1) is 0 Å². The van der Waals surface area contributed by atoms with E-state index < -0.39 is 0 Å². The van der Waals surface area contributed by atoms with Crippen LogP contribution in [0.2, 0.25) is 0 Å². The molecule has 23 heavy (non-hydrogen) atoms. The van der Waals surface area contributed by atoms with Crippen molar-refractivity contribution in [1.82, 2.24) is 20.3 Å². The average molecular weight is 323 g/mol. The van der Waals surface area contributed by atoms with Crippen LogP contribution in [0.5, 0.6) is 0 Å². The molecule has 0 saturated heterocycles. The molecule has 0 saturated carbocycles. The van der Waals surface area contributed by atoms with Crippen LogP contribution in [-0.2, 0) is 0 Å². The normalized spacial score (nSPS) is 10.7. The van der Waals surface area contributed by atoms with Crippen LogP contribution in [0.3, 0.4) is 0 Å². The largest absolute Gasteiger partial charge is 0.317 e. The molecule has 0 aromatic carbocycles. The Morgan fingerprint density at radius 3 is 1.30 bits per heavy atom. The zero-order valence-corrected chi connectivity index (χ0v) is 15.8. The van der Waals surface area contributed by atoms with Gasteiger partial charge in [-0.15, -0.1) is 0 Å². The third kappa shape index (κ3) is 21.0. The minimum atomic E-state index is 0.879. The maximum atomic E-state index is 3.56. The molecule has 0 aliphatic heterocycles. The Labute approximate surface area is 143 Å². The van der Waals surface area contributed by atoms with Crippen molar-refractivity contribution in [2.75, 3.05) is 13.1 Å². The second-order valence-corrected chi connectivity index (χ2v) is 7.03. The van der Waals surface area contributed by atoms with Gasteiger partial charge in [-0.05, 0) is 37.8 Å². The highest BCUT2D eigenvalue weighted by Gasteiger charge is 1.95. The lowest BCUT2D eigenvalue weighted by molar-refractivity contribution is 0.499. The van der Waals surface area contributed by atoms with Gasteiger partial charge >= 0.3 is 0 Å². The van der Waals surface area contributed by atoms with Crippen LogP contribution in [-0.4, -0.2) is 28.0 Å². The second-order valence-electron chi connectivity index (χ2n) is 7.03. The highest BCUT2D eigenvalue weighted by Crippen LogP contribution is 2.08. The Morgan fingerprint density at radius 2 is 1.00 bits per heavy atom. The monoisotopic (exact) mass is 322 g/mol. The molecule has 0 aliphatic carbocycles. The van der Waals surface area contributed by atoms with Gasteiger partial charge in [-0.3, -0.25) is 0 Å². The summed E-state index contributed by atoms with van der Waals surface area (Å²) in [4.78, 5) is 10.7. The van der Waals surface area contributed by atoms with E-state index in [0.29, 0.717) is 0 Å². The molecule has 1 aromatic heterocycles. The molecule has 0 bridgehead atoms.